The van der Waals surface area contributed by atoms with E-state index in [1.807, 2.05) is 6.92 Å². The lowest BCUT2D eigenvalue weighted by atomic mass is 10.1. The van der Waals surface area contributed by atoms with E-state index in [-0.39, 0.29) is 48.2 Å². The minimum absolute atomic E-state index is 0.0205. The molecule has 2 aromatic rings. The molecule has 2 aromatic carbocycles. The second-order valence-corrected chi connectivity index (χ2v) is 10.3. The van der Waals surface area contributed by atoms with Gasteiger partial charge in [0.15, 0.2) is 0 Å². The third-order valence-electron chi connectivity index (χ3n) is 5.68. The number of benzene rings is 2. The highest BCUT2D eigenvalue weighted by Crippen LogP contribution is 2.30. The number of carbonyl (C=O) groups is 3. The number of carbonyl (C=O) groups excluding carboxylic acids is 3. The van der Waals surface area contributed by atoms with Crippen molar-refractivity contribution in [1.82, 2.24) is 14.5 Å². The van der Waals surface area contributed by atoms with E-state index in [4.69, 9.17) is 11.6 Å². The molecule has 3 rings (SSSR count). The van der Waals surface area contributed by atoms with Crippen molar-refractivity contribution in [3.8, 4) is 0 Å². The molecule has 3 amide bonds. The number of fused-ring (bicyclic) bond motifs is 1. The molecule has 0 bridgehead atoms. The molecule has 182 valence electrons. The number of nitrogens with one attached hydrogen (secondary N) is 1. The fraction of sp³-hybridized carbons (Fsp3) is 0.375. The van der Waals surface area contributed by atoms with Crippen molar-refractivity contribution in [2.75, 3.05) is 13.1 Å². The number of amides is 3. The molecule has 1 heterocycles. The molecule has 34 heavy (non-hydrogen) atoms. The van der Waals surface area contributed by atoms with Gasteiger partial charge in [0.2, 0.25) is 11.8 Å². The standard InChI is InChI=1S/C24H28ClN3O5S/c1-3-14-26-23(30)17(2)27(16-18-9-4-6-11-20(18)25)22(29)13-8-15-28-24(31)19-10-5-7-12-21(19)34(28,32)33/h4-7,9-12,17H,3,8,13-16H2,1-2H3,(H,26,30)/t17-/m0/s1. The number of nitrogens with zero attached hydrogens (tertiary/aromatic N) is 2. The molecule has 0 aromatic heterocycles. The Labute approximate surface area is 204 Å². The van der Waals surface area contributed by atoms with E-state index in [1.54, 1.807) is 43.3 Å². The SMILES string of the molecule is CCCNC(=O)[C@H](C)N(Cc1ccccc1Cl)C(=O)CCCN1C(=O)c2ccccc2S1(=O)=O. The predicted molar refractivity (Wildman–Crippen MR) is 129 cm³/mol. The van der Waals surface area contributed by atoms with E-state index in [2.05, 4.69) is 5.32 Å². The van der Waals surface area contributed by atoms with E-state index < -0.39 is 22.0 Å². The summed E-state index contributed by atoms with van der Waals surface area (Å²) in [5.41, 5.74) is 0.829. The maximum absolute atomic E-state index is 13.2. The van der Waals surface area contributed by atoms with Crippen LogP contribution in [0, 0.1) is 0 Å². The summed E-state index contributed by atoms with van der Waals surface area (Å²) in [6.45, 7) is 4.07. The summed E-state index contributed by atoms with van der Waals surface area (Å²) < 4.78 is 26.3. The van der Waals surface area contributed by atoms with Gasteiger partial charge in [-0.25, -0.2) is 12.7 Å². The summed E-state index contributed by atoms with van der Waals surface area (Å²) in [7, 11) is -3.93. The summed E-state index contributed by atoms with van der Waals surface area (Å²) in [4.78, 5) is 39.7. The monoisotopic (exact) mass is 505 g/mol. The van der Waals surface area contributed by atoms with Crippen molar-refractivity contribution < 1.29 is 22.8 Å². The van der Waals surface area contributed by atoms with Crippen molar-refractivity contribution in [3.05, 3.63) is 64.7 Å². The zero-order valence-electron chi connectivity index (χ0n) is 19.2. The average Bonchev–Trinajstić information content (AvgIpc) is 3.02. The zero-order chi connectivity index (χ0) is 24.9. The largest absolute Gasteiger partial charge is 0.354 e. The molecule has 0 radical (unpaired) electrons. The quantitative estimate of drug-likeness (QED) is 0.534. The third kappa shape index (κ3) is 5.42. The van der Waals surface area contributed by atoms with Crippen molar-refractivity contribution >= 4 is 39.3 Å². The summed E-state index contributed by atoms with van der Waals surface area (Å²) in [5, 5.41) is 3.28. The normalized spacial score (nSPS) is 15.0. The molecule has 1 aliphatic heterocycles. The first-order valence-electron chi connectivity index (χ1n) is 11.1. The van der Waals surface area contributed by atoms with Gasteiger partial charge >= 0.3 is 0 Å². The fourth-order valence-corrected chi connectivity index (χ4v) is 5.56. The summed E-state index contributed by atoms with van der Waals surface area (Å²) in [6, 6.07) is 12.4. The molecule has 0 spiro atoms. The first-order valence-corrected chi connectivity index (χ1v) is 13.0. The molecule has 0 saturated carbocycles. The lowest BCUT2D eigenvalue weighted by Crippen LogP contribution is -2.47. The van der Waals surface area contributed by atoms with E-state index >= 15 is 0 Å². The van der Waals surface area contributed by atoms with Crippen molar-refractivity contribution in [2.24, 2.45) is 0 Å². The highest BCUT2D eigenvalue weighted by molar-refractivity contribution is 7.90. The first-order chi connectivity index (χ1) is 16.2. The van der Waals surface area contributed by atoms with Crippen molar-refractivity contribution in [1.29, 1.82) is 0 Å². The van der Waals surface area contributed by atoms with Gasteiger partial charge in [-0.3, -0.25) is 14.4 Å². The van der Waals surface area contributed by atoms with Gasteiger partial charge in [0.05, 0.1) is 5.56 Å². The summed E-state index contributed by atoms with van der Waals surface area (Å²) in [5.74, 6) is -1.21. The van der Waals surface area contributed by atoms with Crippen LogP contribution in [0.2, 0.25) is 5.02 Å². The highest BCUT2D eigenvalue weighted by Gasteiger charge is 2.40. The van der Waals surface area contributed by atoms with E-state index in [0.29, 0.717) is 17.1 Å². The molecular weight excluding hydrogens is 478 g/mol. The minimum atomic E-state index is -3.93. The van der Waals surface area contributed by atoms with Gasteiger partial charge in [-0.05, 0) is 43.5 Å². The molecule has 0 aliphatic carbocycles. The van der Waals surface area contributed by atoms with Crippen LogP contribution in [0.5, 0.6) is 0 Å². The van der Waals surface area contributed by atoms with Gasteiger partial charge in [-0.1, -0.05) is 48.9 Å². The Morgan fingerprint density at radius 2 is 1.79 bits per heavy atom. The van der Waals surface area contributed by atoms with Gasteiger partial charge < -0.3 is 10.2 Å². The molecule has 1 aliphatic rings. The Kier molecular flexibility index (Phi) is 8.33. The summed E-state index contributed by atoms with van der Waals surface area (Å²) >= 11 is 6.27. The molecule has 1 N–H and O–H groups in total. The van der Waals surface area contributed by atoms with Gasteiger partial charge in [-0.2, -0.15) is 0 Å². The fourth-order valence-electron chi connectivity index (χ4n) is 3.76. The summed E-state index contributed by atoms with van der Waals surface area (Å²) in [6.07, 6.45) is 0.850. The minimum Gasteiger partial charge on any atom is -0.354 e. The smallest absolute Gasteiger partial charge is 0.269 e. The Balaban J connectivity index is 1.71. The van der Waals surface area contributed by atoms with Crippen LogP contribution < -0.4 is 5.32 Å². The van der Waals surface area contributed by atoms with E-state index in [9.17, 15) is 22.8 Å². The molecule has 0 fully saturated rings. The topological polar surface area (TPSA) is 104 Å². The Morgan fingerprint density at radius 3 is 2.47 bits per heavy atom. The Morgan fingerprint density at radius 1 is 1.12 bits per heavy atom. The second kappa shape index (κ2) is 11.0. The molecule has 1 atom stereocenters. The van der Waals surface area contributed by atoms with Crippen molar-refractivity contribution in [2.45, 2.75) is 50.6 Å². The molecule has 0 unspecified atom stereocenters. The van der Waals surface area contributed by atoms with Crippen LogP contribution >= 0.6 is 11.6 Å². The van der Waals surface area contributed by atoms with Gasteiger partial charge in [0.25, 0.3) is 15.9 Å². The average molecular weight is 506 g/mol. The van der Waals surface area contributed by atoms with Gasteiger partial charge in [-0.15, -0.1) is 0 Å². The van der Waals surface area contributed by atoms with Crippen LogP contribution in [0.3, 0.4) is 0 Å². The molecule has 10 heteroatoms. The highest BCUT2D eigenvalue weighted by atomic mass is 35.5. The molecule has 8 nitrogen and oxygen atoms in total. The van der Waals surface area contributed by atoms with Crippen molar-refractivity contribution in [3.63, 3.8) is 0 Å². The predicted octanol–water partition coefficient (Wildman–Crippen LogP) is 3.21. The maximum atomic E-state index is 13.2. The Hall–Kier alpha value is -2.91. The number of hydrogen-bond donors (Lipinski definition) is 1. The third-order valence-corrected chi connectivity index (χ3v) is 7.89. The van der Waals surface area contributed by atoms with Crippen LogP contribution in [-0.2, 0) is 26.2 Å². The number of halogens is 1. The molecule has 0 saturated heterocycles. The van der Waals surface area contributed by atoms with Gasteiger partial charge in [0.1, 0.15) is 10.9 Å². The van der Waals surface area contributed by atoms with Crippen LogP contribution in [0.1, 0.15) is 49.0 Å². The molecular formula is C24H28ClN3O5S. The number of rotatable bonds is 10. The second-order valence-electron chi connectivity index (χ2n) is 8.06. The van der Waals surface area contributed by atoms with Gasteiger partial charge in [0, 0.05) is 31.1 Å². The van der Waals surface area contributed by atoms with Crippen LogP contribution in [0.15, 0.2) is 53.4 Å². The zero-order valence-corrected chi connectivity index (χ0v) is 20.7. The first kappa shape index (κ1) is 25.7. The van der Waals surface area contributed by atoms with Crippen LogP contribution in [0.25, 0.3) is 0 Å². The van der Waals surface area contributed by atoms with E-state index in [0.717, 1.165) is 10.7 Å². The van der Waals surface area contributed by atoms with E-state index in [1.165, 1.54) is 17.0 Å². The number of sulfonamides is 1. The Bertz CT molecular complexity index is 1180. The van der Waals surface area contributed by atoms with Crippen LogP contribution in [-0.4, -0.2) is 54.5 Å². The number of hydrogen-bond acceptors (Lipinski definition) is 5. The maximum Gasteiger partial charge on any atom is 0.269 e. The lowest BCUT2D eigenvalue weighted by Gasteiger charge is -2.29. The van der Waals surface area contributed by atoms with Crippen LogP contribution in [0.4, 0.5) is 0 Å². The lowest BCUT2D eigenvalue weighted by molar-refractivity contribution is -0.140.